The van der Waals surface area contributed by atoms with Crippen molar-refractivity contribution in [3.05, 3.63) is 130 Å². The highest BCUT2D eigenvalue weighted by Crippen LogP contribution is 2.54. The quantitative estimate of drug-likeness (QED) is 0.158. The van der Waals surface area contributed by atoms with Gasteiger partial charge in [0.1, 0.15) is 0 Å². The molecule has 0 amide bonds. The third kappa shape index (κ3) is 5.91. The van der Waals surface area contributed by atoms with E-state index in [-0.39, 0.29) is 39.2 Å². The van der Waals surface area contributed by atoms with Crippen molar-refractivity contribution in [3.63, 3.8) is 0 Å². The summed E-state index contributed by atoms with van der Waals surface area (Å²) in [6.07, 6.45) is 2.37. The van der Waals surface area contributed by atoms with E-state index >= 15 is 0 Å². The molecule has 58 heavy (non-hydrogen) atoms. The molecule has 0 bridgehead atoms. The summed E-state index contributed by atoms with van der Waals surface area (Å²) >= 11 is 2.04. The van der Waals surface area contributed by atoms with Crippen LogP contribution in [0.2, 0.25) is 0 Å². The average Bonchev–Trinajstić information content (AvgIpc) is 3.52. The lowest BCUT2D eigenvalue weighted by molar-refractivity contribution is 0.332. The van der Waals surface area contributed by atoms with E-state index in [4.69, 9.17) is 0 Å². The molecule has 0 radical (unpaired) electrons. The lowest BCUT2D eigenvalue weighted by Crippen LogP contribution is -2.63. The standard InChI is InChI=1S/C55H64BNS/c1-50(2,3)34-21-19-33(20-22-34)38-31-41-42(54(12,13)28-27-53(41,10)11)32-45(38)57-44-18-16-17-40-47(44)56(43-29-35(51(4,5)6)24-26-39(43)55(40,14)15)49-48(57)37-25-23-36(52(7,8)9)30-46(37)58-49/h16-26,29-32H,27-28H2,1-15H3. The van der Waals surface area contributed by atoms with Gasteiger partial charge in [-0.25, -0.2) is 0 Å². The van der Waals surface area contributed by atoms with E-state index in [9.17, 15) is 0 Å². The molecule has 9 rings (SSSR count). The van der Waals surface area contributed by atoms with Gasteiger partial charge in [-0.3, -0.25) is 0 Å². The van der Waals surface area contributed by atoms with Gasteiger partial charge < -0.3 is 4.90 Å². The second kappa shape index (κ2) is 12.5. The summed E-state index contributed by atoms with van der Waals surface area (Å²) in [5, 5.41) is 1.36. The van der Waals surface area contributed by atoms with Crippen molar-refractivity contribution in [2.45, 2.75) is 149 Å². The Morgan fingerprint density at radius 3 is 1.74 bits per heavy atom. The number of hydrogen-bond donors (Lipinski definition) is 0. The minimum absolute atomic E-state index is 0.0470. The first-order valence-corrected chi connectivity index (χ1v) is 22.7. The molecule has 0 N–H and O–H groups in total. The number of rotatable bonds is 2. The Balaban J connectivity index is 1.42. The van der Waals surface area contributed by atoms with Crippen LogP contribution < -0.4 is 20.6 Å². The van der Waals surface area contributed by atoms with Crippen LogP contribution in [0.15, 0.2) is 91.0 Å². The molecule has 0 saturated heterocycles. The van der Waals surface area contributed by atoms with Crippen molar-refractivity contribution in [2.24, 2.45) is 0 Å². The fourth-order valence-electron chi connectivity index (χ4n) is 10.5. The van der Waals surface area contributed by atoms with Crippen LogP contribution in [0.5, 0.6) is 0 Å². The van der Waals surface area contributed by atoms with Gasteiger partial charge in [0.2, 0.25) is 0 Å². The van der Waals surface area contributed by atoms with Crippen LogP contribution >= 0.6 is 11.3 Å². The number of fused-ring (bicyclic) bond motifs is 7. The van der Waals surface area contributed by atoms with Gasteiger partial charge in [-0.1, -0.05) is 176 Å². The van der Waals surface area contributed by atoms with Crippen LogP contribution in [0.1, 0.15) is 156 Å². The Labute approximate surface area is 354 Å². The van der Waals surface area contributed by atoms with Gasteiger partial charge in [0.25, 0.3) is 6.71 Å². The molecule has 3 heterocycles. The monoisotopic (exact) mass is 781 g/mol. The van der Waals surface area contributed by atoms with E-state index in [2.05, 4.69) is 200 Å². The molecule has 2 aliphatic heterocycles. The molecule has 1 aliphatic carbocycles. The highest BCUT2D eigenvalue weighted by molar-refractivity contribution is 7.33. The number of hydrogen-bond acceptors (Lipinski definition) is 2. The summed E-state index contributed by atoms with van der Waals surface area (Å²) in [5.41, 5.74) is 19.8. The van der Waals surface area contributed by atoms with Gasteiger partial charge in [0.05, 0.1) is 11.4 Å². The molecule has 3 heteroatoms. The second-order valence-electron chi connectivity index (χ2n) is 23.0. The zero-order valence-electron chi connectivity index (χ0n) is 38.0. The lowest BCUT2D eigenvalue weighted by Gasteiger charge is -2.46. The molecule has 1 nitrogen and oxygen atoms in total. The largest absolute Gasteiger partial charge is 0.309 e. The van der Waals surface area contributed by atoms with Crippen LogP contribution in [-0.4, -0.2) is 6.71 Å². The summed E-state index contributed by atoms with van der Waals surface area (Å²) < 4.78 is 2.85. The summed E-state index contributed by atoms with van der Waals surface area (Å²) in [6.45, 7) is 36.0. The first-order valence-electron chi connectivity index (χ1n) is 21.8. The second-order valence-corrected chi connectivity index (χ2v) is 24.1. The normalized spacial score (nSPS) is 17.8. The molecule has 1 aromatic heterocycles. The molecular weight excluding hydrogens is 717 g/mol. The van der Waals surface area contributed by atoms with E-state index in [0.717, 1.165) is 0 Å². The predicted molar refractivity (Wildman–Crippen MR) is 257 cm³/mol. The van der Waals surface area contributed by atoms with Gasteiger partial charge in [0, 0.05) is 31.5 Å². The third-order valence-corrected chi connectivity index (χ3v) is 15.7. The molecule has 0 fully saturated rings. The van der Waals surface area contributed by atoms with Gasteiger partial charge in [0.15, 0.2) is 0 Å². The van der Waals surface area contributed by atoms with Crippen LogP contribution in [0, 0.1) is 0 Å². The third-order valence-electron chi connectivity index (χ3n) is 14.5. The highest BCUT2D eigenvalue weighted by atomic mass is 32.1. The fourth-order valence-corrected chi connectivity index (χ4v) is 11.9. The van der Waals surface area contributed by atoms with E-state index in [1.165, 1.54) is 106 Å². The maximum Gasteiger partial charge on any atom is 0.260 e. The zero-order chi connectivity index (χ0) is 41.7. The zero-order valence-corrected chi connectivity index (χ0v) is 38.8. The lowest BCUT2D eigenvalue weighted by atomic mass is 9.32. The van der Waals surface area contributed by atoms with Crippen molar-refractivity contribution in [3.8, 4) is 11.1 Å². The Morgan fingerprint density at radius 1 is 0.552 bits per heavy atom. The minimum Gasteiger partial charge on any atom is -0.309 e. The highest BCUT2D eigenvalue weighted by Gasteiger charge is 2.48. The molecule has 6 aromatic rings. The maximum absolute atomic E-state index is 2.74. The van der Waals surface area contributed by atoms with E-state index in [0.29, 0.717) is 0 Å². The Kier molecular flexibility index (Phi) is 8.48. The van der Waals surface area contributed by atoms with Crippen molar-refractivity contribution in [1.29, 1.82) is 0 Å². The van der Waals surface area contributed by atoms with Crippen LogP contribution in [0.3, 0.4) is 0 Å². The first kappa shape index (κ1) is 39.4. The average molecular weight is 782 g/mol. The van der Waals surface area contributed by atoms with Crippen LogP contribution in [-0.2, 0) is 32.5 Å². The Bertz CT molecular complexity index is 2640. The van der Waals surface area contributed by atoms with Crippen molar-refractivity contribution in [2.75, 3.05) is 4.90 Å². The summed E-state index contributed by atoms with van der Waals surface area (Å²) in [4.78, 5) is 2.74. The molecule has 0 saturated carbocycles. The van der Waals surface area contributed by atoms with Crippen LogP contribution in [0.25, 0.3) is 21.2 Å². The maximum atomic E-state index is 2.74. The van der Waals surface area contributed by atoms with Crippen LogP contribution in [0.4, 0.5) is 17.1 Å². The van der Waals surface area contributed by atoms with Gasteiger partial charge in [-0.05, 0) is 114 Å². The number of nitrogens with zero attached hydrogens (tertiary/aromatic N) is 1. The van der Waals surface area contributed by atoms with Crippen molar-refractivity contribution in [1.82, 2.24) is 0 Å². The Hall–Kier alpha value is -4.08. The fraction of sp³-hybridized carbons (Fsp3) is 0.418. The molecule has 3 aliphatic rings. The number of benzene rings is 5. The topological polar surface area (TPSA) is 3.24 Å². The molecule has 0 spiro atoms. The van der Waals surface area contributed by atoms with Crippen molar-refractivity contribution >= 4 is 60.9 Å². The summed E-state index contributed by atoms with van der Waals surface area (Å²) in [5.74, 6) is 0. The van der Waals surface area contributed by atoms with Gasteiger partial charge in [-0.15, -0.1) is 11.3 Å². The van der Waals surface area contributed by atoms with E-state index in [1.54, 1.807) is 0 Å². The predicted octanol–water partition coefficient (Wildman–Crippen LogP) is 13.7. The smallest absolute Gasteiger partial charge is 0.260 e. The molecule has 0 atom stereocenters. The minimum atomic E-state index is -0.152. The van der Waals surface area contributed by atoms with E-state index < -0.39 is 0 Å². The van der Waals surface area contributed by atoms with Gasteiger partial charge >= 0.3 is 0 Å². The van der Waals surface area contributed by atoms with Gasteiger partial charge in [-0.2, -0.15) is 0 Å². The molecular formula is C55H64BNS. The number of thiophene rings is 1. The molecule has 5 aromatic carbocycles. The first-order chi connectivity index (χ1) is 26.9. The summed E-state index contributed by atoms with van der Waals surface area (Å²) in [7, 11) is 0. The van der Waals surface area contributed by atoms with E-state index in [1.807, 2.05) is 11.3 Å². The van der Waals surface area contributed by atoms with Crippen molar-refractivity contribution < 1.29 is 0 Å². The Morgan fingerprint density at radius 2 is 1.12 bits per heavy atom. The molecule has 298 valence electrons. The summed E-state index contributed by atoms with van der Waals surface area (Å²) in [6, 6.07) is 36.8. The molecule has 0 unspecified atom stereocenters. The SMILES string of the molecule is CC(C)(C)c1ccc(-c2cc3c(cc2N2c4cccc5c4B(c4cc(C(C)(C)C)ccc4C5(C)C)c4sc5cc(C(C)(C)C)ccc5c42)C(C)(C)CCC3(C)C)cc1. The number of anilines is 3.